The Kier molecular flexibility index (Phi) is 6.17. The molecule has 0 aromatic carbocycles. The zero-order valence-corrected chi connectivity index (χ0v) is 12.8. The largest absolute Gasteiger partial charge is 0.348 e. The number of nitrogens with zero attached hydrogens (tertiary/aromatic N) is 5. The van der Waals surface area contributed by atoms with Crippen LogP contribution in [0.15, 0.2) is 12.4 Å². The van der Waals surface area contributed by atoms with Crippen molar-refractivity contribution in [3.05, 3.63) is 12.4 Å². The number of carbonyl (C=O) groups excluding carboxylic acids is 1. The van der Waals surface area contributed by atoms with Gasteiger partial charge < -0.3 is 4.90 Å². The number of aromatic nitrogens is 2. The molecule has 0 saturated heterocycles. The summed E-state index contributed by atoms with van der Waals surface area (Å²) >= 11 is 0. The summed E-state index contributed by atoms with van der Waals surface area (Å²) in [5.74, 6) is 0.669. The van der Waals surface area contributed by atoms with Gasteiger partial charge in [0.15, 0.2) is 0 Å². The van der Waals surface area contributed by atoms with Crippen LogP contribution in [0.4, 0.5) is 16.4 Å². The Morgan fingerprint density at radius 2 is 1.70 bits per heavy atom. The second-order valence-corrected chi connectivity index (χ2v) is 4.12. The smallest absolute Gasteiger partial charge is 0.341 e. The molecule has 0 bridgehead atoms. The van der Waals surface area contributed by atoms with Crippen LogP contribution in [0.1, 0.15) is 20.8 Å². The van der Waals surface area contributed by atoms with E-state index in [9.17, 15) is 4.79 Å². The summed E-state index contributed by atoms with van der Waals surface area (Å²) in [6, 6.07) is -0.255. The summed E-state index contributed by atoms with van der Waals surface area (Å²) in [4.78, 5) is 29.2. The summed E-state index contributed by atoms with van der Waals surface area (Å²) in [7, 11) is 3.02. The third-order valence-electron chi connectivity index (χ3n) is 3.07. The molecule has 1 aromatic rings. The van der Waals surface area contributed by atoms with Crippen molar-refractivity contribution in [3.63, 3.8) is 0 Å². The van der Waals surface area contributed by atoms with Gasteiger partial charge in [0, 0.05) is 26.7 Å². The van der Waals surface area contributed by atoms with Crippen LogP contribution >= 0.6 is 0 Å². The van der Waals surface area contributed by atoms with Gasteiger partial charge in [-0.3, -0.25) is 9.74 Å². The molecule has 0 saturated carbocycles. The van der Waals surface area contributed by atoms with Gasteiger partial charge in [0.25, 0.3) is 0 Å². The van der Waals surface area contributed by atoms with E-state index < -0.39 is 0 Å². The highest BCUT2D eigenvalue weighted by Gasteiger charge is 2.19. The van der Waals surface area contributed by atoms with Gasteiger partial charge in [-0.15, -0.1) is 0 Å². The van der Waals surface area contributed by atoms with Crippen LogP contribution in [0.3, 0.4) is 0 Å². The molecule has 7 nitrogen and oxygen atoms in total. The predicted octanol–water partition coefficient (Wildman–Crippen LogP) is 1.76. The number of hydrogen-bond acceptors (Lipinski definition) is 5. The highest BCUT2D eigenvalue weighted by molar-refractivity contribution is 5.90. The lowest BCUT2D eigenvalue weighted by Gasteiger charge is -2.25. The van der Waals surface area contributed by atoms with Gasteiger partial charge in [-0.1, -0.05) is 0 Å². The zero-order valence-electron chi connectivity index (χ0n) is 12.8. The first-order chi connectivity index (χ1) is 9.58. The van der Waals surface area contributed by atoms with E-state index in [-0.39, 0.29) is 6.03 Å². The quantitative estimate of drug-likeness (QED) is 0.744. The summed E-state index contributed by atoms with van der Waals surface area (Å²) < 4.78 is 0. The Morgan fingerprint density at radius 1 is 1.15 bits per heavy atom. The molecule has 0 radical (unpaired) electrons. The molecule has 0 aliphatic carbocycles. The number of rotatable bonds is 6. The fraction of sp³-hybridized carbons (Fsp3) is 0.615. The van der Waals surface area contributed by atoms with Crippen molar-refractivity contribution in [1.82, 2.24) is 15.0 Å². The minimum atomic E-state index is -0.255. The number of anilines is 2. The van der Waals surface area contributed by atoms with E-state index in [4.69, 9.17) is 4.84 Å². The van der Waals surface area contributed by atoms with E-state index in [0.717, 1.165) is 13.1 Å². The Morgan fingerprint density at radius 3 is 2.10 bits per heavy atom. The molecule has 7 heteroatoms. The average molecular weight is 281 g/mol. The van der Waals surface area contributed by atoms with E-state index in [1.807, 2.05) is 11.8 Å². The van der Waals surface area contributed by atoms with E-state index in [1.165, 1.54) is 12.2 Å². The average Bonchev–Trinajstić information content (AvgIpc) is 2.49. The van der Waals surface area contributed by atoms with Gasteiger partial charge in [-0.05, 0) is 20.8 Å². The molecule has 20 heavy (non-hydrogen) atoms. The summed E-state index contributed by atoms with van der Waals surface area (Å²) in [5, 5.41) is 1.17. The van der Waals surface area contributed by atoms with Crippen molar-refractivity contribution in [2.75, 3.05) is 43.6 Å². The van der Waals surface area contributed by atoms with E-state index in [2.05, 4.69) is 23.8 Å². The SMILES string of the molecule is CCN(CC)c1ncc(N(CC)C(=O)N(C)OC)cn1. The monoisotopic (exact) mass is 281 g/mol. The maximum absolute atomic E-state index is 12.1. The van der Waals surface area contributed by atoms with Crippen molar-refractivity contribution < 1.29 is 9.63 Å². The number of amides is 2. The van der Waals surface area contributed by atoms with E-state index in [1.54, 1.807) is 24.3 Å². The molecule has 0 fully saturated rings. The first-order valence-electron chi connectivity index (χ1n) is 6.75. The third-order valence-corrected chi connectivity index (χ3v) is 3.07. The van der Waals surface area contributed by atoms with Gasteiger partial charge in [0.2, 0.25) is 5.95 Å². The molecule has 1 aromatic heterocycles. The highest BCUT2D eigenvalue weighted by Crippen LogP contribution is 2.16. The lowest BCUT2D eigenvalue weighted by molar-refractivity contribution is -0.0621. The molecule has 0 N–H and O–H groups in total. The number of hydrogen-bond donors (Lipinski definition) is 0. The van der Waals surface area contributed by atoms with Gasteiger partial charge in [0.05, 0.1) is 25.2 Å². The summed E-state index contributed by atoms with van der Waals surface area (Å²) in [5.41, 5.74) is 0.650. The van der Waals surface area contributed by atoms with Crippen LogP contribution in [-0.4, -0.2) is 54.9 Å². The molecule has 1 heterocycles. The van der Waals surface area contributed by atoms with Gasteiger partial charge in [-0.25, -0.2) is 19.8 Å². The van der Waals surface area contributed by atoms with Crippen molar-refractivity contribution in [2.24, 2.45) is 0 Å². The molecule has 1 rings (SSSR count). The minimum absolute atomic E-state index is 0.255. The van der Waals surface area contributed by atoms with Crippen molar-refractivity contribution in [2.45, 2.75) is 20.8 Å². The minimum Gasteiger partial charge on any atom is -0.341 e. The molecule has 0 atom stereocenters. The second kappa shape index (κ2) is 7.64. The van der Waals surface area contributed by atoms with Crippen molar-refractivity contribution in [3.8, 4) is 0 Å². The van der Waals surface area contributed by atoms with Gasteiger partial charge in [0.1, 0.15) is 0 Å². The molecular weight excluding hydrogens is 258 g/mol. The van der Waals surface area contributed by atoms with E-state index in [0.29, 0.717) is 18.2 Å². The van der Waals surface area contributed by atoms with Crippen LogP contribution < -0.4 is 9.80 Å². The number of carbonyl (C=O) groups is 1. The normalized spacial score (nSPS) is 10.2. The Balaban J connectivity index is 2.92. The fourth-order valence-electron chi connectivity index (χ4n) is 1.80. The molecule has 0 unspecified atom stereocenters. The molecule has 112 valence electrons. The Labute approximate surface area is 120 Å². The van der Waals surface area contributed by atoms with Crippen LogP contribution in [0.25, 0.3) is 0 Å². The van der Waals surface area contributed by atoms with Crippen LogP contribution in [0, 0.1) is 0 Å². The topological polar surface area (TPSA) is 61.8 Å². The maximum Gasteiger partial charge on any atom is 0.348 e. The Bertz CT molecular complexity index is 419. The van der Waals surface area contributed by atoms with Gasteiger partial charge >= 0.3 is 6.03 Å². The molecule has 2 amide bonds. The molecular formula is C13H23N5O2. The third kappa shape index (κ3) is 3.57. The lowest BCUT2D eigenvalue weighted by Crippen LogP contribution is -2.40. The summed E-state index contributed by atoms with van der Waals surface area (Å²) in [6.07, 6.45) is 3.32. The first kappa shape index (κ1) is 16.2. The highest BCUT2D eigenvalue weighted by atomic mass is 16.7. The molecule has 0 aliphatic rings. The van der Waals surface area contributed by atoms with Crippen molar-refractivity contribution >= 4 is 17.7 Å². The maximum atomic E-state index is 12.1. The lowest BCUT2D eigenvalue weighted by atomic mass is 10.4. The fourth-order valence-corrected chi connectivity index (χ4v) is 1.80. The van der Waals surface area contributed by atoms with E-state index >= 15 is 0 Å². The zero-order chi connectivity index (χ0) is 15.1. The molecule has 0 aliphatic heterocycles. The second-order valence-electron chi connectivity index (χ2n) is 4.12. The van der Waals surface area contributed by atoms with Gasteiger partial charge in [-0.2, -0.15) is 0 Å². The van der Waals surface area contributed by atoms with Crippen molar-refractivity contribution in [1.29, 1.82) is 0 Å². The van der Waals surface area contributed by atoms with Crippen LogP contribution in [-0.2, 0) is 4.84 Å². The first-order valence-corrected chi connectivity index (χ1v) is 6.75. The summed E-state index contributed by atoms with van der Waals surface area (Å²) in [6.45, 7) is 8.20. The predicted molar refractivity (Wildman–Crippen MR) is 78.8 cm³/mol. The Hall–Kier alpha value is -1.89. The standard InChI is InChI=1S/C13H23N5O2/c1-6-17(7-2)12-14-9-11(10-15-12)18(8-3)13(19)16(4)20-5/h9-10H,6-8H2,1-5H3. The van der Waals surface area contributed by atoms with Crippen LogP contribution in [0.2, 0.25) is 0 Å². The van der Waals surface area contributed by atoms with Crippen LogP contribution in [0.5, 0.6) is 0 Å². The number of urea groups is 1. The molecule has 0 spiro atoms. The number of hydroxylamine groups is 2.